The number of rotatable bonds is 6. The molecule has 0 amide bonds. The van der Waals surface area contributed by atoms with Crippen molar-refractivity contribution in [1.29, 1.82) is 5.26 Å². The normalized spacial score (nSPS) is 13.0. The first-order valence-corrected chi connectivity index (χ1v) is 7.58. The van der Waals surface area contributed by atoms with Crippen molar-refractivity contribution in [2.45, 2.75) is 19.8 Å². The highest BCUT2D eigenvalue weighted by molar-refractivity contribution is 6.14. The number of carbonyl (C=O) groups excluding carboxylic acids is 2. The highest BCUT2D eigenvalue weighted by Gasteiger charge is 2.23. The Morgan fingerprint density at radius 1 is 1.38 bits per heavy atom. The van der Waals surface area contributed by atoms with Crippen LogP contribution in [0.2, 0.25) is 0 Å². The first kappa shape index (κ1) is 17.5. The summed E-state index contributed by atoms with van der Waals surface area (Å²) in [6.45, 7) is 1.53. The van der Waals surface area contributed by atoms with E-state index in [1.165, 1.54) is 13.1 Å². The number of hydrogen-bond acceptors (Lipinski definition) is 5. The Kier molecular flexibility index (Phi) is 5.20. The van der Waals surface area contributed by atoms with Crippen LogP contribution in [-0.4, -0.2) is 37.7 Å². The summed E-state index contributed by atoms with van der Waals surface area (Å²) < 4.78 is 5.35. The molecule has 0 fully saturated rings. The standard InChI is InChI=1S/C19H20N2O3/c1-12(22)5-15-6-13-7-16(8-14(13)9-18(15)24-4)19(23)17(10-20)11-21(2)3/h6,8-9,11H,5,7H2,1-4H3. The van der Waals surface area contributed by atoms with Crippen LogP contribution < -0.4 is 4.74 Å². The predicted octanol–water partition coefficient (Wildman–Crippen LogP) is 2.30. The minimum Gasteiger partial charge on any atom is -0.496 e. The van der Waals surface area contributed by atoms with E-state index in [9.17, 15) is 14.9 Å². The largest absolute Gasteiger partial charge is 0.496 e. The van der Waals surface area contributed by atoms with Gasteiger partial charge in [0.2, 0.25) is 5.78 Å². The Morgan fingerprint density at radius 2 is 2.08 bits per heavy atom. The summed E-state index contributed by atoms with van der Waals surface area (Å²) in [6, 6.07) is 5.71. The van der Waals surface area contributed by atoms with Crippen molar-refractivity contribution in [3.63, 3.8) is 0 Å². The lowest BCUT2D eigenvalue weighted by atomic mass is 9.99. The maximum Gasteiger partial charge on any atom is 0.201 e. The molecule has 0 spiro atoms. The van der Waals surface area contributed by atoms with E-state index < -0.39 is 0 Å². The summed E-state index contributed by atoms with van der Waals surface area (Å²) in [5.41, 5.74) is 3.36. The second kappa shape index (κ2) is 7.14. The monoisotopic (exact) mass is 324 g/mol. The lowest BCUT2D eigenvalue weighted by molar-refractivity contribution is -0.116. The number of Topliss-reactive ketones (excluding diaryl/α,β-unsaturated/α-hetero) is 2. The number of methoxy groups -OCH3 is 1. The molecule has 0 saturated carbocycles. The van der Waals surface area contributed by atoms with E-state index in [-0.39, 0.29) is 17.1 Å². The first-order valence-electron chi connectivity index (χ1n) is 7.58. The molecule has 5 nitrogen and oxygen atoms in total. The van der Waals surface area contributed by atoms with Crippen molar-refractivity contribution in [3.05, 3.63) is 46.2 Å². The molecule has 0 aromatic heterocycles. The maximum atomic E-state index is 12.5. The lowest BCUT2D eigenvalue weighted by Crippen LogP contribution is -2.10. The number of allylic oxidation sites excluding steroid dienone is 2. The average Bonchev–Trinajstić information content (AvgIpc) is 2.93. The van der Waals surface area contributed by atoms with Crippen LogP contribution in [0.4, 0.5) is 0 Å². The van der Waals surface area contributed by atoms with E-state index in [2.05, 4.69) is 0 Å². The van der Waals surface area contributed by atoms with Crippen molar-refractivity contribution in [2.75, 3.05) is 21.2 Å². The van der Waals surface area contributed by atoms with Crippen molar-refractivity contribution in [2.24, 2.45) is 0 Å². The van der Waals surface area contributed by atoms with Gasteiger partial charge in [0.05, 0.1) is 7.11 Å². The van der Waals surface area contributed by atoms with Crippen molar-refractivity contribution >= 4 is 17.6 Å². The molecule has 0 heterocycles. The van der Waals surface area contributed by atoms with Crippen LogP contribution in [0.25, 0.3) is 6.08 Å². The van der Waals surface area contributed by atoms with Crippen LogP contribution in [0.3, 0.4) is 0 Å². The van der Waals surface area contributed by atoms with Crippen LogP contribution in [0.15, 0.2) is 29.5 Å². The molecule has 0 N–H and O–H groups in total. The van der Waals surface area contributed by atoms with E-state index in [1.54, 1.807) is 32.2 Å². The van der Waals surface area contributed by atoms with E-state index in [4.69, 9.17) is 4.74 Å². The highest BCUT2D eigenvalue weighted by Crippen LogP contribution is 2.33. The molecule has 124 valence electrons. The smallest absolute Gasteiger partial charge is 0.201 e. The van der Waals surface area contributed by atoms with Gasteiger partial charge < -0.3 is 9.64 Å². The quantitative estimate of drug-likeness (QED) is 0.593. The fourth-order valence-corrected chi connectivity index (χ4v) is 2.73. The minimum atomic E-state index is -0.269. The zero-order valence-electron chi connectivity index (χ0n) is 14.3. The van der Waals surface area contributed by atoms with E-state index in [0.717, 1.165) is 16.7 Å². The van der Waals surface area contributed by atoms with Crippen LogP contribution in [0.1, 0.15) is 23.6 Å². The SMILES string of the molecule is COc1cc2c(cc1CC(C)=O)CC(C(=O)C(C#N)=CN(C)C)=C2. The summed E-state index contributed by atoms with van der Waals surface area (Å²) in [7, 11) is 5.09. The van der Waals surface area contributed by atoms with Gasteiger partial charge in [-0.15, -0.1) is 0 Å². The molecule has 24 heavy (non-hydrogen) atoms. The summed E-state index contributed by atoms with van der Waals surface area (Å²) >= 11 is 0. The lowest BCUT2D eigenvalue weighted by Gasteiger charge is -2.10. The van der Waals surface area contributed by atoms with Gasteiger partial charge in [-0.1, -0.05) is 6.07 Å². The molecule has 1 aliphatic carbocycles. The minimum absolute atomic E-state index is 0.0520. The van der Waals surface area contributed by atoms with Gasteiger partial charge in [0.25, 0.3) is 0 Å². The Labute approximate surface area is 141 Å². The van der Waals surface area contributed by atoms with Gasteiger partial charge in [-0.05, 0) is 30.2 Å². The Bertz CT molecular complexity index is 796. The molecule has 0 radical (unpaired) electrons. The van der Waals surface area contributed by atoms with E-state index in [0.29, 0.717) is 24.2 Å². The molecule has 0 saturated heterocycles. The fourth-order valence-electron chi connectivity index (χ4n) is 2.73. The fraction of sp³-hybridized carbons (Fsp3) is 0.316. The predicted molar refractivity (Wildman–Crippen MR) is 91.5 cm³/mol. The number of ether oxygens (including phenoxy) is 1. The molecule has 1 aliphatic rings. The summed E-state index contributed by atoms with van der Waals surface area (Å²) in [6.07, 6.45) is 4.06. The van der Waals surface area contributed by atoms with Crippen LogP contribution in [0, 0.1) is 11.3 Å². The molecule has 0 unspecified atom stereocenters. The average molecular weight is 324 g/mol. The summed E-state index contributed by atoms with van der Waals surface area (Å²) in [4.78, 5) is 25.6. The number of nitriles is 1. The molecule has 1 aromatic rings. The molecular formula is C19H20N2O3. The number of benzene rings is 1. The number of ketones is 2. The van der Waals surface area contributed by atoms with Gasteiger partial charge in [0.1, 0.15) is 23.2 Å². The molecule has 0 bridgehead atoms. The molecule has 1 aromatic carbocycles. The van der Waals surface area contributed by atoms with Crippen molar-refractivity contribution in [1.82, 2.24) is 4.90 Å². The second-order valence-electron chi connectivity index (χ2n) is 6.04. The van der Waals surface area contributed by atoms with Crippen LogP contribution in [0.5, 0.6) is 5.75 Å². The second-order valence-corrected chi connectivity index (χ2v) is 6.04. The third-order valence-electron chi connectivity index (χ3n) is 3.74. The molecule has 5 heteroatoms. The van der Waals surface area contributed by atoms with Gasteiger partial charge >= 0.3 is 0 Å². The third kappa shape index (κ3) is 3.72. The molecular weight excluding hydrogens is 304 g/mol. The summed E-state index contributed by atoms with van der Waals surface area (Å²) in [5, 5.41) is 9.20. The van der Waals surface area contributed by atoms with Crippen molar-refractivity contribution < 1.29 is 14.3 Å². The summed E-state index contributed by atoms with van der Waals surface area (Å²) in [5.74, 6) is 0.420. The van der Waals surface area contributed by atoms with Gasteiger partial charge in [0, 0.05) is 44.3 Å². The molecule has 0 aliphatic heterocycles. The van der Waals surface area contributed by atoms with Gasteiger partial charge in [-0.25, -0.2) is 0 Å². The Balaban J connectivity index is 2.34. The maximum absolute atomic E-state index is 12.5. The Hall–Kier alpha value is -2.87. The van der Waals surface area contributed by atoms with Crippen LogP contribution in [-0.2, 0) is 22.4 Å². The first-order chi connectivity index (χ1) is 11.3. The van der Waals surface area contributed by atoms with Crippen LogP contribution >= 0.6 is 0 Å². The highest BCUT2D eigenvalue weighted by atomic mass is 16.5. The van der Waals surface area contributed by atoms with E-state index >= 15 is 0 Å². The number of hydrogen-bond donors (Lipinski definition) is 0. The number of fused-ring (bicyclic) bond motifs is 1. The van der Waals surface area contributed by atoms with Gasteiger partial charge in [-0.2, -0.15) is 5.26 Å². The van der Waals surface area contributed by atoms with Gasteiger partial charge in [0.15, 0.2) is 0 Å². The zero-order valence-corrected chi connectivity index (χ0v) is 14.3. The van der Waals surface area contributed by atoms with E-state index in [1.807, 2.05) is 18.2 Å². The van der Waals surface area contributed by atoms with Crippen molar-refractivity contribution in [3.8, 4) is 11.8 Å². The molecule has 0 atom stereocenters. The zero-order chi connectivity index (χ0) is 17.9. The van der Waals surface area contributed by atoms with Gasteiger partial charge in [-0.3, -0.25) is 9.59 Å². The number of nitrogens with zero attached hydrogens (tertiary/aromatic N) is 2. The number of carbonyl (C=O) groups is 2. The third-order valence-corrected chi connectivity index (χ3v) is 3.74. The Morgan fingerprint density at radius 3 is 2.62 bits per heavy atom. The topological polar surface area (TPSA) is 70.4 Å². The molecule has 2 rings (SSSR count).